The molecule has 2 rings (SSSR count). The molecule has 0 fully saturated rings. The molecule has 140 valence electrons. The minimum atomic E-state index is -0.308. The number of nitrogens with one attached hydrogen (secondary N) is 2. The van der Waals surface area contributed by atoms with Crippen molar-refractivity contribution in [3.63, 3.8) is 0 Å². The lowest BCUT2D eigenvalue weighted by atomic mass is 10.2. The van der Waals surface area contributed by atoms with E-state index in [0.29, 0.717) is 41.9 Å². The van der Waals surface area contributed by atoms with Crippen LogP contribution >= 0.6 is 0 Å². The molecule has 0 aliphatic carbocycles. The van der Waals surface area contributed by atoms with E-state index >= 15 is 0 Å². The van der Waals surface area contributed by atoms with Crippen molar-refractivity contribution in [1.82, 2.24) is 15.3 Å². The number of ether oxygens (including phenoxy) is 4. The maximum absolute atomic E-state index is 12.1. The molecule has 2 aromatic rings. The highest BCUT2D eigenvalue weighted by Crippen LogP contribution is 2.40. The van der Waals surface area contributed by atoms with E-state index in [1.165, 1.54) is 27.7 Å². The lowest BCUT2D eigenvalue weighted by Gasteiger charge is -2.15. The van der Waals surface area contributed by atoms with Crippen molar-refractivity contribution in [3.8, 4) is 17.2 Å². The highest BCUT2D eigenvalue weighted by Gasteiger charge is 2.14. The molecule has 0 spiro atoms. The van der Waals surface area contributed by atoms with E-state index in [4.69, 9.17) is 18.9 Å². The predicted octanol–water partition coefficient (Wildman–Crippen LogP) is 1.62. The van der Waals surface area contributed by atoms with Gasteiger partial charge in [-0.05, 0) is 0 Å². The smallest absolute Gasteiger partial charge is 0.270 e. The minimum Gasteiger partial charge on any atom is -0.493 e. The quantitative estimate of drug-likeness (QED) is 0.649. The summed E-state index contributed by atoms with van der Waals surface area (Å²) in [6.45, 7) is 0.822. The SMILES string of the molecule is COCCNC(=O)c1cc(Nc2cc(OC)c(OC)c(OC)c2)ncn1. The summed E-state index contributed by atoms with van der Waals surface area (Å²) >= 11 is 0. The van der Waals surface area contributed by atoms with Gasteiger partial charge in [-0.1, -0.05) is 0 Å². The summed E-state index contributed by atoms with van der Waals surface area (Å²) < 4.78 is 20.8. The van der Waals surface area contributed by atoms with Crippen molar-refractivity contribution in [2.45, 2.75) is 0 Å². The van der Waals surface area contributed by atoms with Gasteiger partial charge in [0.25, 0.3) is 5.91 Å². The van der Waals surface area contributed by atoms with Gasteiger partial charge >= 0.3 is 0 Å². The molecule has 0 saturated heterocycles. The fraction of sp³-hybridized carbons (Fsp3) is 0.353. The molecule has 9 nitrogen and oxygen atoms in total. The molecule has 0 aliphatic rings. The molecule has 1 aromatic heterocycles. The van der Waals surface area contributed by atoms with E-state index in [-0.39, 0.29) is 11.6 Å². The van der Waals surface area contributed by atoms with E-state index in [0.717, 1.165) is 0 Å². The van der Waals surface area contributed by atoms with Crippen LogP contribution in [0.1, 0.15) is 10.5 Å². The van der Waals surface area contributed by atoms with E-state index in [1.54, 1.807) is 25.3 Å². The average Bonchev–Trinajstić information content (AvgIpc) is 2.67. The number of carbonyl (C=O) groups is 1. The lowest BCUT2D eigenvalue weighted by molar-refractivity contribution is 0.0932. The fourth-order valence-electron chi connectivity index (χ4n) is 2.21. The Morgan fingerprint density at radius 3 is 2.27 bits per heavy atom. The van der Waals surface area contributed by atoms with Crippen LogP contribution in [0.2, 0.25) is 0 Å². The Balaban J connectivity index is 2.21. The summed E-state index contributed by atoms with van der Waals surface area (Å²) in [5.74, 6) is 1.63. The standard InChI is InChI=1S/C17H22N4O5/c1-23-6-5-18-17(22)12-9-15(20-10-19-12)21-11-7-13(24-2)16(26-4)14(8-11)25-3/h7-10H,5-6H2,1-4H3,(H,18,22)(H,19,20,21). The summed E-state index contributed by atoms with van der Waals surface area (Å²) in [5, 5.41) is 5.80. The Hall–Kier alpha value is -3.07. The number of rotatable bonds is 9. The van der Waals surface area contributed by atoms with Crippen LogP contribution in [-0.4, -0.2) is 57.5 Å². The zero-order valence-electron chi connectivity index (χ0n) is 15.2. The van der Waals surface area contributed by atoms with Gasteiger partial charge in [0.15, 0.2) is 11.5 Å². The van der Waals surface area contributed by atoms with Gasteiger partial charge in [-0.2, -0.15) is 0 Å². The summed E-state index contributed by atoms with van der Waals surface area (Å²) in [7, 11) is 6.17. The van der Waals surface area contributed by atoms with Gasteiger partial charge in [0, 0.05) is 37.5 Å². The van der Waals surface area contributed by atoms with Crippen molar-refractivity contribution in [2.75, 3.05) is 46.9 Å². The van der Waals surface area contributed by atoms with E-state index in [1.807, 2.05) is 0 Å². The van der Waals surface area contributed by atoms with Crippen LogP contribution in [0.5, 0.6) is 17.2 Å². The van der Waals surface area contributed by atoms with Gasteiger partial charge in [-0.25, -0.2) is 9.97 Å². The molecular weight excluding hydrogens is 340 g/mol. The third-order valence-electron chi connectivity index (χ3n) is 3.43. The van der Waals surface area contributed by atoms with Crippen molar-refractivity contribution in [1.29, 1.82) is 0 Å². The van der Waals surface area contributed by atoms with Gasteiger partial charge in [0.1, 0.15) is 17.8 Å². The highest BCUT2D eigenvalue weighted by atomic mass is 16.5. The number of carbonyl (C=O) groups excluding carboxylic acids is 1. The zero-order valence-corrected chi connectivity index (χ0v) is 15.2. The molecule has 1 heterocycles. The maximum Gasteiger partial charge on any atom is 0.270 e. The number of nitrogens with zero attached hydrogens (tertiary/aromatic N) is 2. The summed E-state index contributed by atoms with van der Waals surface area (Å²) in [6, 6.07) is 5.02. The molecule has 0 saturated carbocycles. The van der Waals surface area contributed by atoms with Gasteiger partial charge in [-0.15, -0.1) is 0 Å². The third-order valence-corrected chi connectivity index (χ3v) is 3.43. The molecule has 0 unspecified atom stereocenters. The van der Waals surface area contributed by atoms with Crippen molar-refractivity contribution >= 4 is 17.4 Å². The molecular formula is C17H22N4O5. The van der Waals surface area contributed by atoms with E-state index in [9.17, 15) is 4.79 Å². The number of amides is 1. The first-order valence-electron chi connectivity index (χ1n) is 7.79. The van der Waals surface area contributed by atoms with Crippen LogP contribution in [0.15, 0.2) is 24.5 Å². The Bertz CT molecular complexity index is 729. The second-order valence-electron chi connectivity index (χ2n) is 5.08. The number of aromatic nitrogens is 2. The van der Waals surface area contributed by atoms with Crippen molar-refractivity contribution in [3.05, 3.63) is 30.2 Å². The molecule has 0 radical (unpaired) electrons. The Labute approximate surface area is 151 Å². The summed E-state index contributed by atoms with van der Waals surface area (Å²) in [4.78, 5) is 20.2. The Kier molecular flexibility index (Phi) is 6.98. The normalized spacial score (nSPS) is 10.2. The topological polar surface area (TPSA) is 104 Å². The van der Waals surface area contributed by atoms with Crippen LogP contribution in [0.4, 0.5) is 11.5 Å². The van der Waals surface area contributed by atoms with Gasteiger partial charge < -0.3 is 29.6 Å². The molecule has 0 aliphatic heterocycles. The second kappa shape index (κ2) is 9.42. The number of benzene rings is 1. The zero-order chi connectivity index (χ0) is 18.9. The Morgan fingerprint density at radius 1 is 1.00 bits per heavy atom. The summed E-state index contributed by atoms with van der Waals surface area (Å²) in [5.41, 5.74) is 0.898. The predicted molar refractivity (Wildman–Crippen MR) is 95.6 cm³/mol. The highest BCUT2D eigenvalue weighted by molar-refractivity contribution is 5.93. The fourth-order valence-corrected chi connectivity index (χ4v) is 2.21. The minimum absolute atomic E-state index is 0.242. The number of methoxy groups -OCH3 is 4. The molecule has 2 N–H and O–H groups in total. The first kappa shape index (κ1) is 19.3. The number of anilines is 2. The summed E-state index contributed by atoms with van der Waals surface area (Å²) in [6.07, 6.45) is 1.31. The average molecular weight is 362 g/mol. The van der Waals surface area contributed by atoms with E-state index in [2.05, 4.69) is 20.6 Å². The van der Waals surface area contributed by atoms with Crippen molar-refractivity contribution in [2.24, 2.45) is 0 Å². The largest absolute Gasteiger partial charge is 0.493 e. The molecule has 26 heavy (non-hydrogen) atoms. The van der Waals surface area contributed by atoms with Crippen LogP contribution in [0.25, 0.3) is 0 Å². The molecule has 9 heteroatoms. The van der Waals surface area contributed by atoms with Gasteiger partial charge in [0.2, 0.25) is 5.75 Å². The second-order valence-corrected chi connectivity index (χ2v) is 5.08. The van der Waals surface area contributed by atoms with Crippen molar-refractivity contribution < 1.29 is 23.7 Å². The first-order chi connectivity index (χ1) is 12.6. The van der Waals surface area contributed by atoms with Crippen LogP contribution in [0, 0.1) is 0 Å². The molecule has 0 bridgehead atoms. The third kappa shape index (κ3) is 4.73. The monoisotopic (exact) mass is 362 g/mol. The van der Waals surface area contributed by atoms with Gasteiger partial charge in [-0.3, -0.25) is 4.79 Å². The van der Waals surface area contributed by atoms with E-state index < -0.39 is 0 Å². The lowest BCUT2D eigenvalue weighted by Crippen LogP contribution is -2.27. The van der Waals surface area contributed by atoms with Gasteiger partial charge in [0.05, 0.1) is 27.9 Å². The van der Waals surface area contributed by atoms with Crippen LogP contribution in [0.3, 0.4) is 0 Å². The van der Waals surface area contributed by atoms with Crippen LogP contribution in [-0.2, 0) is 4.74 Å². The molecule has 1 aromatic carbocycles. The maximum atomic E-state index is 12.1. The number of hydrogen-bond acceptors (Lipinski definition) is 8. The molecule has 0 atom stereocenters. The first-order valence-corrected chi connectivity index (χ1v) is 7.79. The Morgan fingerprint density at radius 2 is 1.69 bits per heavy atom. The van der Waals surface area contributed by atoms with Crippen LogP contribution < -0.4 is 24.8 Å². The number of hydrogen-bond donors (Lipinski definition) is 2. The molecule has 1 amide bonds.